The third-order valence-electron chi connectivity index (χ3n) is 5.60. The standard InChI is InChI=1S/C26H20ClN3O3S/c27-25-21(11-4-12-28-25)29-22(31)15-33-26(32)23-18-8-1-2-10-20(18)30-24-16(6-3-9-19(23)24)14-17-7-5-13-34-17/h1-2,4-5,7-8,10-14H,3,6,9,15H2,(H,29,31)/b16-14-. The SMILES string of the molecule is O=C(COC(=O)c1c2c(nc3ccccc13)/C(=C\c1cccs1)CCC2)Nc1cccnc1Cl. The van der Waals surface area contributed by atoms with Crippen molar-refractivity contribution in [2.24, 2.45) is 0 Å². The Bertz CT molecular complexity index is 1420. The number of benzene rings is 1. The topological polar surface area (TPSA) is 81.2 Å². The van der Waals surface area contributed by atoms with Gasteiger partial charge in [-0.3, -0.25) is 4.79 Å². The molecule has 5 rings (SSSR count). The zero-order valence-corrected chi connectivity index (χ0v) is 19.7. The van der Waals surface area contributed by atoms with Crippen LogP contribution in [0.15, 0.2) is 60.1 Å². The van der Waals surface area contributed by atoms with Crippen molar-refractivity contribution in [3.8, 4) is 0 Å². The number of hydrogen-bond donors (Lipinski definition) is 1. The molecular formula is C26H20ClN3O3S. The maximum Gasteiger partial charge on any atom is 0.339 e. The van der Waals surface area contributed by atoms with E-state index >= 15 is 0 Å². The molecule has 0 saturated heterocycles. The van der Waals surface area contributed by atoms with Gasteiger partial charge in [0.2, 0.25) is 0 Å². The van der Waals surface area contributed by atoms with Crippen LogP contribution in [-0.2, 0) is 16.0 Å². The Labute approximate surface area is 205 Å². The number of esters is 1. The molecule has 34 heavy (non-hydrogen) atoms. The van der Waals surface area contributed by atoms with Gasteiger partial charge in [-0.1, -0.05) is 35.9 Å². The summed E-state index contributed by atoms with van der Waals surface area (Å²) in [6, 6.07) is 14.9. The highest BCUT2D eigenvalue weighted by molar-refractivity contribution is 7.10. The van der Waals surface area contributed by atoms with Crippen LogP contribution in [0.5, 0.6) is 0 Å². The second-order valence-corrected chi connectivity index (χ2v) is 9.17. The molecule has 170 valence electrons. The number of hydrogen-bond acceptors (Lipinski definition) is 6. The maximum absolute atomic E-state index is 13.3. The normalized spacial score (nSPS) is 14.1. The maximum atomic E-state index is 13.3. The Morgan fingerprint density at radius 1 is 1.12 bits per heavy atom. The zero-order chi connectivity index (χ0) is 23.5. The molecule has 1 amide bonds. The molecule has 1 aliphatic carbocycles. The van der Waals surface area contributed by atoms with Crippen molar-refractivity contribution < 1.29 is 14.3 Å². The van der Waals surface area contributed by atoms with Gasteiger partial charge in [-0.15, -0.1) is 11.3 Å². The molecule has 0 atom stereocenters. The van der Waals surface area contributed by atoms with Gasteiger partial charge in [-0.25, -0.2) is 14.8 Å². The summed E-state index contributed by atoms with van der Waals surface area (Å²) in [7, 11) is 0. The van der Waals surface area contributed by atoms with Crippen molar-refractivity contribution in [3.63, 3.8) is 0 Å². The summed E-state index contributed by atoms with van der Waals surface area (Å²) < 4.78 is 5.46. The van der Waals surface area contributed by atoms with Crippen molar-refractivity contribution in [1.82, 2.24) is 9.97 Å². The Kier molecular flexibility index (Phi) is 6.38. The number of amides is 1. The summed E-state index contributed by atoms with van der Waals surface area (Å²) >= 11 is 7.66. The first-order valence-electron chi connectivity index (χ1n) is 10.8. The first-order valence-corrected chi connectivity index (χ1v) is 12.1. The molecule has 1 N–H and O–H groups in total. The smallest absolute Gasteiger partial charge is 0.339 e. The predicted octanol–water partition coefficient (Wildman–Crippen LogP) is 6.02. The van der Waals surface area contributed by atoms with Crippen LogP contribution < -0.4 is 5.32 Å². The number of pyridine rings is 2. The van der Waals surface area contributed by atoms with Gasteiger partial charge in [-0.05, 0) is 66.1 Å². The van der Waals surface area contributed by atoms with Crippen LogP contribution in [0.3, 0.4) is 0 Å². The van der Waals surface area contributed by atoms with Gasteiger partial charge in [0, 0.05) is 16.5 Å². The number of thiophene rings is 1. The molecule has 3 aromatic heterocycles. The lowest BCUT2D eigenvalue weighted by molar-refractivity contribution is -0.119. The van der Waals surface area contributed by atoms with E-state index in [-0.39, 0.29) is 5.15 Å². The fourth-order valence-electron chi connectivity index (χ4n) is 4.12. The Morgan fingerprint density at radius 3 is 2.82 bits per heavy atom. The number of fused-ring (bicyclic) bond motifs is 2. The van der Waals surface area contributed by atoms with E-state index in [1.165, 1.54) is 6.20 Å². The largest absolute Gasteiger partial charge is 0.452 e. The summed E-state index contributed by atoms with van der Waals surface area (Å²) in [5, 5.41) is 5.55. The molecule has 1 aromatic carbocycles. The van der Waals surface area contributed by atoms with Crippen molar-refractivity contribution in [1.29, 1.82) is 0 Å². The average Bonchev–Trinajstić information content (AvgIpc) is 3.36. The molecular weight excluding hydrogens is 470 g/mol. The van der Waals surface area contributed by atoms with Crippen molar-refractivity contribution in [2.45, 2.75) is 19.3 Å². The monoisotopic (exact) mass is 489 g/mol. The lowest BCUT2D eigenvalue weighted by Crippen LogP contribution is -2.22. The molecule has 1 aliphatic rings. The van der Waals surface area contributed by atoms with E-state index in [9.17, 15) is 9.59 Å². The Hall–Kier alpha value is -3.55. The van der Waals surface area contributed by atoms with Crippen LogP contribution in [0.25, 0.3) is 22.6 Å². The molecule has 0 aliphatic heterocycles. The number of nitrogens with zero attached hydrogens (tertiary/aromatic N) is 2. The minimum Gasteiger partial charge on any atom is -0.452 e. The van der Waals surface area contributed by atoms with Crippen LogP contribution in [-0.4, -0.2) is 28.5 Å². The fraction of sp³-hybridized carbons (Fsp3) is 0.154. The highest BCUT2D eigenvalue weighted by atomic mass is 35.5. The minimum absolute atomic E-state index is 0.168. The molecule has 0 unspecified atom stereocenters. The van der Waals surface area contributed by atoms with Gasteiger partial charge in [0.15, 0.2) is 11.8 Å². The van der Waals surface area contributed by atoms with Crippen LogP contribution in [0.4, 0.5) is 5.69 Å². The molecule has 0 spiro atoms. The highest BCUT2D eigenvalue weighted by Gasteiger charge is 2.26. The van der Waals surface area contributed by atoms with E-state index in [0.29, 0.717) is 11.3 Å². The number of carbonyl (C=O) groups excluding carboxylic acids is 2. The summed E-state index contributed by atoms with van der Waals surface area (Å²) in [6.45, 7) is -0.437. The van der Waals surface area contributed by atoms with Gasteiger partial charge < -0.3 is 10.1 Å². The van der Waals surface area contributed by atoms with Crippen molar-refractivity contribution >= 4 is 63.1 Å². The number of aromatic nitrogens is 2. The van der Waals surface area contributed by atoms with Crippen molar-refractivity contribution in [3.05, 3.63) is 87.0 Å². The lowest BCUT2D eigenvalue weighted by atomic mass is 9.86. The fourth-order valence-corrected chi connectivity index (χ4v) is 4.97. The van der Waals surface area contributed by atoms with E-state index in [0.717, 1.165) is 51.9 Å². The highest BCUT2D eigenvalue weighted by Crippen LogP contribution is 2.36. The Morgan fingerprint density at radius 2 is 2.00 bits per heavy atom. The quantitative estimate of drug-likeness (QED) is 0.274. The second kappa shape index (κ2) is 9.75. The van der Waals surface area contributed by atoms with E-state index < -0.39 is 18.5 Å². The molecule has 0 fully saturated rings. The third kappa shape index (κ3) is 4.58. The van der Waals surface area contributed by atoms with E-state index in [4.69, 9.17) is 21.3 Å². The predicted molar refractivity (Wildman–Crippen MR) is 135 cm³/mol. The average molecular weight is 490 g/mol. The number of para-hydroxylation sites is 1. The molecule has 6 nitrogen and oxygen atoms in total. The third-order valence-corrected chi connectivity index (χ3v) is 6.72. The number of nitrogens with one attached hydrogen (secondary N) is 1. The number of halogens is 1. The molecule has 4 aromatic rings. The van der Waals surface area contributed by atoms with Crippen LogP contribution in [0.2, 0.25) is 5.15 Å². The van der Waals surface area contributed by atoms with Gasteiger partial charge in [0.25, 0.3) is 5.91 Å². The van der Waals surface area contributed by atoms with Crippen LogP contribution >= 0.6 is 22.9 Å². The number of anilines is 1. The first-order chi connectivity index (χ1) is 16.6. The zero-order valence-electron chi connectivity index (χ0n) is 18.1. The molecule has 3 heterocycles. The molecule has 0 bridgehead atoms. The Balaban J connectivity index is 1.46. The van der Waals surface area contributed by atoms with Gasteiger partial charge >= 0.3 is 5.97 Å². The molecule has 0 saturated carbocycles. The summed E-state index contributed by atoms with van der Waals surface area (Å²) in [4.78, 5) is 35.7. The van der Waals surface area contributed by atoms with Crippen molar-refractivity contribution in [2.75, 3.05) is 11.9 Å². The number of allylic oxidation sites excluding steroid dienone is 1. The summed E-state index contributed by atoms with van der Waals surface area (Å²) in [5.41, 5.74) is 4.36. The van der Waals surface area contributed by atoms with Gasteiger partial charge in [0.1, 0.15) is 0 Å². The van der Waals surface area contributed by atoms with Gasteiger partial charge in [0.05, 0.1) is 22.5 Å². The van der Waals surface area contributed by atoms with Gasteiger partial charge in [-0.2, -0.15) is 0 Å². The minimum atomic E-state index is -0.542. The second-order valence-electron chi connectivity index (χ2n) is 7.84. The van der Waals surface area contributed by atoms with E-state index in [1.54, 1.807) is 23.5 Å². The van der Waals surface area contributed by atoms with Crippen LogP contribution in [0, 0.1) is 0 Å². The van der Waals surface area contributed by atoms with E-state index in [2.05, 4.69) is 22.4 Å². The summed E-state index contributed by atoms with van der Waals surface area (Å²) in [5.74, 6) is -1.03. The first kappa shape index (κ1) is 22.3. The molecule has 8 heteroatoms. The molecule has 0 radical (unpaired) electrons. The number of ether oxygens (including phenoxy) is 1. The van der Waals surface area contributed by atoms with E-state index in [1.807, 2.05) is 35.7 Å². The van der Waals surface area contributed by atoms with Crippen LogP contribution in [0.1, 0.15) is 39.3 Å². The lowest BCUT2D eigenvalue weighted by Gasteiger charge is -2.22. The number of rotatable bonds is 5. The number of carbonyl (C=O) groups is 2. The summed E-state index contributed by atoms with van der Waals surface area (Å²) in [6.07, 6.45) is 6.18.